The molecule has 2 aromatic rings. The van der Waals surface area contributed by atoms with Crippen LogP contribution in [0.5, 0.6) is 0 Å². The largest absolute Gasteiger partial charge is 0.463 e. The quantitative estimate of drug-likeness (QED) is 0.373. The first-order valence-corrected chi connectivity index (χ1v) is 12.3. The number of carbonyl (C=O) groups excluding carboxylic acids is 2. The molecule has 2 heterocycles. The van der Waals surface area contributed by atoms with Gasteiger partial charge in [0.25, 0.3) is 0 Å². The summed E-state index contributed by atoms with van der Waals surface area (Å²) in [5, 5.41) is 2.93. The topological polar surface area (TPSA) is 67.9 Å². The molecule has 2 aliphatic heterocycles. The summed E-state index contributed by atoms with van der Waals surface area (Å²) in [7, 11) is 0. The van der Waals surface area contributed by atoms with Gasteiger partial charge in [-0.25, -0.2) is 0 Å². The second kappa shape index (κ2) is 10.5. The Morgan fingerprint density at radius 3 is 2.18 bits per heavy atom. The highest BCUT2D eigenvalue weighted by atomic mass is 19.4. The number of hydrogen-bond donors (Lipinski definition) is 1. The smallest absolute Gasteiger partial charge is 0.416 e. The van der Waals surface area contributed by atoms with Crippen LogP contribution in [0.3, 0.4) is 0 Å². The second-order valence-corrected chi connectivity index (χ2v) is 10.2. The van der Waals surface area contributed by atoms with Gasteiger partial charge >= 0.3 is 18.3 Å². The average Bonchev–Trinajstić information content (AvgIpc) is 2.86. The number of benzene rings is 2. The van der Waals surface area contributed by atoms with Crippen molar-refractivity contribution in [1.29, 1.82) is 0 Å². The molecule has 1 unspecified atom stereocenters. The Balaban J connectivity index is 1.65. The summed E-state index contributed by atoms with van der Waals surface area (Å²) in [5.41, 5.74) is -4.04. The Bertz CT molecular complexity index is 1190. The van der Waals surface area contributed by atoms with Gasteiger partial charge in [0.15, 0.2) is 0 Å². The Hall–Kier alpha value is -3.12. The summed E-state index contributed by atoms with van der Waals surface area (Å²) in [5.74, 6) is -0.790. The summed E-state index contributed by atoms with van der Waals surface area (Å²) in [4.78, 5) is 26.1. The highest BCUT2D eigenvalue weighted by Crippen LogP contribution is 2.44. The molecule has 0 radical (unpaired) electrons. The van der Waals surface area contributed by atoms with Crippen molar-refractivity contribution in [3.8, 4) is 0 Å². The number of esters is 1. The van der Waals surface area contributed by atoms with Crippen LogP contribution in [0.4, 0.5) is 26.3 Å². The average molecular weight is 559 g/mol. The van der Waals surface area contributed by atoms with Crippen LogP contribution in [-0.2, 0) is 37.0 Å². The molecule has 2 aromatic carbocycles. The van der Waals surface area contributed by atoms with Crippen molar-refractivity contribution in [2.45, 2.75) is 56.2 Å². The van der Waals surface area contributed by atoms with E-state index in [1.54, 1.807) is 18.2 Å². The third-order valence-corrected chi connectivity index (χ3v) is 7.37. The number of alkyl halides is 6. The number of ether oxygens (including phenoxy) is 2. The van der Waals surface area contributed by atoms with E-state index in [0.29, 0.717) is 31.5 Å². The first-order valence-electron chi connectivity index (χ1n) is 12.3. The molecular weight excluding hydrogens is 530 g/mol. The number of rotatable bonds is 7. The van der Waals surface area contributed by atoms with E-state index in [9.17, 15) is 35.9 Å². The molecule has 0 spiro atoms. The third kappa shape index (κ3) is 6.22. The lowest BCUT2D eigenvalue weighted by Gasteiger charge is -2.56. The second-order valence-electron chi connectivity index (χ2n) is 10.2. The van der Waals surface area contributed by atoms with E-state index in [0.717, 1.165) is 5.56 Å². The Morgan fingerprint density at radius 2 is 1.62 bits per heavy atom. The van der Waals surface area contributed by atoms with E-state index in [1.165, 1.54) is 13.8 Å². The van der Waals surface area contributed by atoms with Crippen LogP contribution in [0, 0.1) is 0 Å². The van der Waals surface area contributed by atoms with Gasteiger partial charge < -0.3 is 14.8 Å². The Morgan fingerprint density at radius 1 is 1.00 bits per heavy atom. The first kappa shape index (κ1) is 28.9. The summed E-state index contributed by atoms with van der Waals surface area (Å²) >= 11 is 0. The highest BCUT2D eigenvalue weighted by molar-refractivity contribution is 5.80. The minimum absolute atomic E-state index is 0.0176. The molecule has 2 bridgehead atoms. The van der Waals surface area contributed by atoms with Crippen LogP contribution in [0.2, 0.25) is 0 Å². The number of halogens is 6. The van der Waals surface area contributed by atoms with Crippen LogP contribution in [0.15, 0.2) is 48.5 Å². The minimum atomic E-state index is -4.98. The van der Waals surface area contributed by atoms with Crippen LogP contribution in [0.1, 0.15) is 55.0 Å². The molecule has 212 valence electrons. The lowest BCUT2D eigenvalue weighted by atomic mass is 9.73. The van der Waals surface area contributed by atoms with Crippen molar-refractivity contribution >= 4 is 11.9 Å². The lowest BCUT2D eigenvalue weighted by Crippen LogP contribution is -2.73. The van der Waals surface area contributed by atoms with E-state index in [-0.39, 0.29) is 37.3 Å². The number of amides is 1. The number of carbonyl (C=O) groups is 2. The van der Waals surface area contributed by atoms with Gasteiger partial charge in [-0.2, -0.15) is 26.3 Å². The molecule has 0 aliphatic carbocycles. The zero-order chi connectivity index (χ0) is 28.6. The fourth-order valence-corrected chi connectivity index (χ4v) is 5.31. The van der Waals surface area contributed by atoms with E-state index >= 15 is 0 Å². The monoisotopic (exact) mass is 558 g/mol. The third-order valence-electron chi connectivity index (χ3n) is 7.37. The molecular formula is C27H28F6N2O4. The van der Waals surface area contributed by atoms with Crippen LogP contribution in [-0.4, -0.2) is 48.6 Å². The number of hydrogen-bond acceptors (Lipinski definition) is 5. The van der Waals surface area contributed by atoms with E-state index in [4.69, 9.17) is 9.47 Å². The zero-order valence-corrected chi connectivity index (χ0v) is 21.3. The van der Waals surface area contributed by atoms with Gasteiger partial charge in [0.05, 0.1) is 41.5 Å². The minimum Gasteiger partial charge on any atom is -0.463 e. The SMILES string of the molecule is CC(=O)OC[C@@]12CC[C@@](CO[C@H](C)c3cc(C(F)(F)F)cc(C(F)(F)F)c3)(c3ccccc3)N(CC(=O)N1)C2. The summed E-state index contributed by atoms with van der Waals surface area (Å²) in [6, 6.07) is 10.5. The van der Waals surface area contributed by atoms with Gasteiger partial charge in [0.1, 0.15) is 6.61 Å². The molecule has 1 N–H and O–H groups in total. The molecule has 2 aliphatic rings. The molecule has 12 heteroatoms. The van der Waals surface area contributed by atoms with E-state index < -0.39 is 46.6 Å². The normalized spacial score (nSPS) is 26.1. The van der Waals surface area contributed by atoms with Crippen LogP contribution in [0.25, 0.3) is 0 Å². The molecule has 39 heavy (non-hydrogen) atoms. The predicted molar refractivity (Wildman–Crippen MR) is 127 cm³/mol. The molecule has 1 amide bonds. The van der Waals surface area contributed by atoms with Crippen LogP contribution >= 0.6 is 0 Å². The summed E-state index contributed by atoms with van der Waals surface area (Å²) in [6.45, 7) is 2.81. The van der Waals surface area contributed by atoms with E-state index in [2.05, 4.69) is 5.32 Å². The number of nitrogens with zero attached hydrogens (tertiary/aromatic N) is 1. The highest BCUT2D eigenvalue weighted by Gasteiger charge is 2.53. The Kier molecular flexibility index (Phi) is 7.74. The van der Waals surface area contributed by atoms with E-state index in [1.807, 2.05) is 17.0 Å². The fraction of sp³-hybridized carbons (Fsp3) is 0.481. The maximum atomic E-state index is 13.4. The molecule has 6 nitrogen and oxygen atoms in total. The fourth-order valence-electron chi connectivity index (χ4n) is 5.31. The lowest BCUT2D eigenvalue weighted by molar-refractivity contribution is -0.157. The zero-order valence-electron chi connectivity index (χ0n) is 21.3. The van der Waals surface area contributed by atoms with Gasteiger partial charge in [-0.15, -0.1) is 0 Å². The van der Waals surface area contributed by atoms with Gasteiger partial charge in [-0.05, 0) is 49.1 Å². The molecule has 2 fully saturated rings. The van der Waals surface area contributed by atoms with Gasteiger partial charge in [0.2, 0.25) is 5.91 Å². The standard InChI is InChI=1S/C27H28F6N2O4/c1-17(19-10-21(26(28,29)30)12-22(11-19)27(31,32)33)38-16-25(20-6-4-3-5-7-20)9-8-24(15-39-18(2)36)14-35(25)13-23(37)34-24/h3-7,10-12,17H,8-9,13-16H2,1-2H3,(H,34,37)/t17-,24+,25-/m1/s1. The number of nitrogens with one attached hydrogen (secondary N) is 1. The number of fused-ring (bicyclic) bond motifs is 2. The molecule has 4 atom stereocenters. The molecule has 0 aromatic heterocycles. The predicted octanol–water partition coefficient (Wildman–Crippen LogP) is 5.22. The van der Waals surface area contributed by atoms with Crippen molar-refractivity contribution in [2.24, 2.45) is 0 Å². The van der Waals surface area contributed by atoms with Crippen molar-refractivity contribution in [2.75, 3.05) is 26.3 Å². The van der Waals surface area contributed by atoms with Gasteiger partial charge in [-0.3, -0.25) is 14.5 Å². The Labute approximate surface area is 221 Å². The number of piperidine rings is 1. The first-order chi connectivity index (χ1) is 18.1. The molecule has 2 saturated heterocycles. The van der Waals surface area contributed by atoms with Crippen molar-refractivity contribution < 1.29 is 45.4 Å². The van der Waals surface area contributed by atoms with Crippen molar-refractivity contribution in [1.82, 2.24) is 10.2 Å². The van der Waals surface area contributed by atoms with Crippen LogP contribution < -0.4 is 5.32 Å². The van der Waals surface area contributed by atoms with Crippen molar-refractivity contribution in [3.05, 3.63) is 70.8 Å². The molecule has 0 saturated carbocycles. The number of piperazine rings is 1. The van der Waals surface area contributed by atoms with Gasteiger partial charge in [0, 0.05) is 13.5 Å². The van der Waals surface area contributed by atoms with Crippen molar-refractivity contribution in [3.63, 3.8) is 0 Å². The summed E-state index contributed by atoms with van der Waals surface area (Å²) in [6.07, 6.45) is -10.3. The van der Waals surface area contributed by atoms with Gasteiger partial charge in [-0.1, -0.05) is 30.3 Å². The maximum absolute atomic E-state index is 13.4. The summed E-state index contributed by atoms with van der Waals surface area (Å²) < 4.78 is 91.6. The molecule has 4 rings (SSSR count). The maximum Gasteiger partial charge on any atom is 0.416 e.